The second-order valence-electron chi connectivity index (χ2n) is 5.75. The van der Waals surface area contributed by atoms with Gasteiger partial charge in [-0.05, 0) is 30.7 Å². The molecule has 2 heterocycles. The van der Waals surface area contributed by atoms with E-state index < -0.39 is 0 Å². The van der Waals surface area contributed by atoms with Crippen LogP contribution in [0.25, 0.3) is 21.8 Å². The molecule has 0 bridgehead atoms. The van der Waals surface area contributed by atoms with Gasteiger partial charge in [0, 0.05) is 35.2 Å². The van der Waals surface area contributed by atoms with E-state index in [0.29, 0.717) is 6.42 Å². The van der Waals surface area contributed by atoms with Crippen LogP contribution in [0.5, 0.6) is 0 Å². The molecule has 1 amide bonds. The van der Waals surface area contributed by atoms with Gasteiger partial charge in [-0.25, -0.2) is 9.37 Å². The summed E-state index contributed by atoms with van der Waals surface area (Å²) < 4.78 is 13.4. The first-order valence-corrected chi connectivity index (χ1v) is 8.71. The molecule has 120 valence electrons. The number of benzene rings is 2. The van der Waals surface area contributed by atoms with Crippen LogP contribution in [0.15, 0.2) is 53.9 Å². The zero-order valence-corrected chi connectivity index (χ0v) is 13.7. The van der Waals surface area contributed by atoms with Gasteiger partial charge in [0.25, 0.3) is 0 Å². The van der Waals surface area contributed by atoms with Crippen molar-refractivity contribution in [1.29, 1.82) is 0 Å². The molecule has 0 unspecified atom stereocenters. The lowest BCUT2D eigenvalue weighted by molar-refractivity contribution is -0.117. The Hall–Kier alpha value is -2.53. The lowest BCUT2D eigenvalue weighted by atomic mass is 10.1. The smallest absolute Gasteiger partial charge is 0.227 e. The van der Waals surface area contributed by atoms with Gasteiger partial charge in [-0.3, -0.25) is 4.79 Å². The fraction of sp³-hybridized carbons (Fsp3) is 0.158. The third-order valence-electron chi connectivity index (χ3n) is 4.10. The van der Waals surface area contributed by atoms with Crippen LogP contribution in [-0.2, 0) is 4.79 Å². The molecule has 3 aromatic rings. The summed E-state index contributed by atoms with van der Waals surface area (Å²) in [4.78, 5) is 18.4. The molecule has 0 atom stereocenters. The first-order valence-electron chi connectivity index (χ1n) is 7.83. The molecular formula is C19H15FN2OS. The maximum atomic E-state index is 13.4. The Balaban J connectivity index is 1.66. The minimum absolute atomic E-state index is 0.172. The number of thiazole rings is 1. The summed E-state index contributed by atoms with van der Waals surface area (Å²) in [5, 5.41) is 2.75. The zero-order chi connectivity index (χ0) is 16.5. The molecule has 2 aromatic carbocycles. The number of carbonyl (C=O) groups is 1. The minimum atomic E-state index is -0.265. The van der Waals surface area contributed by atoms with Gasteiger partial charge < -0.3 is 4.90 Å². The van der Waals surface area contributed by atoms with E-state index in [-0.39, 0.29) is 11.7 Å². The van der Waals surface area contributed by atoms with Crippen molar-refractivity contribution in [3.8, 4) is 21.8 Å². The predicted molar refractivity (Wildman–Crippen MR) is 94.5 cm³/mol. The van der Waals surface area contributed by atoms with Gasteiger partial charge >= 0.3 is 0 Å². The van der Waals surface area contributed by atoms with Crippen LogP contribution in [0, 0.1) is 5.82 Å². The largest absolute Gasteiger partial charge is 0.312 e. The zero-order valence-electron chi connectivity index (χ0n) is 12.9. The fourth-order valence-corrected chi connectivity index (χ4v) is 3.74. The maximum Gasteiger partial charge on any atom is 0.227 e. The molecule has 0 radical (unpaired) electrons. The highest BCUT2D eigenvalue weighted by atomic mass is 32.1. The standard InChI is InChI=1S/C19H15FN2OS/c20-15-6-1-5-14(10-15)19-21-17(12-24-19)13-4-2-7-16(11-13)22-9-3-8-18(22)23/h1-2,4-7,10-12H,3,8-9H2. The number of nitrogens with zero attached hydrogens (tertiary/aromatic N) is 2. The van der Waals surface area contributed by atoms with Gasteiger partial charge in [0.05, 0.1) is 5.69 Å². The maximum absolute atomic E-state index is 13.4. The van der Waals surface area contributed by atoms with Crippen LogP contribution in [0.1, 0.15) is 12.8 Å². The summed E-state index contributed by atoms with van der Waals surface area (Å²) in [6, 6.07) is 14.3. The van der Waals surface area contributed by atoms with Gasteiger partial charge in [-0.15, -0.1) is 11.3 Å². The Labute approximate surface area is 143 Å². The molecule has 0 saturated carbocycles. The monoisotopic (exact) mass is 338 g/mol. The number of anilines is 1. The number of carbonyl (C=O) groups excluding carboxylic acids is 1. The number of amides is 1. The van der Waals surface area contributed by atoms with Crippen LogP contribution < -0.4 is 4.90 Å². The Morgan fingerprint density at radius 2 is 1.92 bits per heavy atom. The molecule has 0 aliphatic carbocycles. The molecule has 0 N–H and O–H groups in total. The Bertz CT molecular complexity index is 906. The van der Waals surface area contributed by atoms with Crippen molar-refractivity contribution < 1.29 is 9.18 Å². The lowest BCUT2D eigenvalue weighted by Crippen LogP contribution is -2.23. The molecule has 0 spiro atoms. The summed E-state index contributed by atoms with van der Waals surface area (Å²) in [5.74, 6) is -0.0929. The SMILES string of the molecule is O=C1CCCN1c1cccc(-c2csc(-c3cccc(F)c3)n2)c1. The molecule has 1 saturated heterocycles. The average molecular weight is 338 g/mol. The Kier molecular flexibility index (Phi) is 3.86. The van der Waals surface area contributed by atoms with E-state index in [2.05, 4.69) is 4.98 Å². The molecule has 1 aromatic heterocycles. The van der Waals surface area contributed by atoms with Crippen molar-refractivity contribution in [2.45, 2.75) is 12.8 Å². The summed E-state index contributed by atoms with van der Waals surface area (Å²) in [6.45, 7) is 0.772. The lowest BCUT2D eigenvalue weighted by Gasteiger charge is -2.16. The van der Waals surface area contributed by atoms with Gasteiger partial charge in [-0.2, -0.15) is 0 Å². The van der Waals surface area contributed by atoms with Crippen LogP contribution in [0.4, 0.5) is 10.1 Å². The van der Waals surface area contributed by atoms with Crippen molar-refractivity contribution >= 4 is 22.9 Å². The Morgan fingerprint density at radius 1 is 1.08 bits per heavy atom. The summed E-state index contributed by atoms with van der Waals surface area (Å²) >= 11 is 1.49. The quantitative estimate of drug-likeness (QED) is 0.691. The number of halogens is 1. The molecule has 3 nitrogen and oxygen atoms in total. The van der Waals surface area contributed by atoms with Crippen LogP contribution >= 0.6 is 11.3 Å². The average Bonchev–Trinajstić information content (AvgIpc) is 3.24. The summed E-state index contributed by atoms with van der Waals surface area (Å²) in [7, 11) is 0. The van der Waals surface area contributed by atoms with Crippen LogP contribution in [0.2, 0.25) is 0 Å². The molecular weight excluding hydrogens is 323 g/mol. The van der Waals surface area contributed by atoms with E-state index in [1.54, 1.807) is 6.07 Å². The van der Waals surface area contributed by atoms with Gasteiger partial charge in [0.15, 0.2) is 0 Å². The Morgan fingerprint density at radius 3 is 2.71 bits per heavy atom. The van der Waals surface area contributed by atoms with E-state index in [1.807, 2.05) is 40.6 Å². The number of hydrogen-bond acceptors (Lipinski definition) is 3. The third-order valence-corrected chi connectivity index (χ3v) is 4.99. The minimum Gasteiger partial charge on any atom is -0.312 e. The predicted octanol–water partition coefficient (Wildman–Crippen LogP) is 4.74. The van der Waals surface area contributed by atoms with E-state index in [0.717, 1.165) is 40.5 Å². The van der Waals surface area contributed by atoms with Crippen molar-refractivity contribution in [3.63, 3.8) is 0 Å². The van der Waals surface area contributed by atoms with Crippen molar-refractivity contribution in [2.24, 2.45) is 0 Å². The van der Waals surface area contributed by atoms with Gasteiger partial charge in [0.1, 0.15) is 10.8 Å². The second kappa shape index (κ2) is 6.17. The van der Waals surface area contributed by atoms with E-state index in [1.165, 1.54) is 23.5 Å². The summed E-state index contributed by atoms with van der Waals surface area (Å²) in [5.41, 5.74) is 3.49. The van der Waals surface area contributed by atoms with Gasteiger partial charge in [-0.1, -0.05) is 24.3 Å². The third kappa shape index (κ3) is 2.83. The first-order chi connectivity index (χ1) is 11.7. The number of hydrogen-bond donors (Lipinski definition) is 0. The fourth-order valence-electron chi connectivity index (χ4n) is 2.91. The molecule has 4 rings (SSSR count). The highest BCUT2D eigenvalue weighted by molar-refractivity contribution is 7.13. The van der Waals surface area contributed by atoms with E-state index in [9.17, 15) is 9.18 Å². The topological polar surface area (TPSA) is 33.2 Å². The summed E-state index contributed by atoms with van der Waals surface area (Å²) in [6.07, 6.45) is 1.52. The van der Waals surface area contributed by atoms with Gasteiger partial charge in [0.2, 0.25) is 5.91 Å². The van der Waals surface area contributed by atoms with E-state index in [4.69, 9.17) is 0 Å². The normalized spacial score (nSPS) is 14.4. The van der Waals surface area contributed by atoms with E-state index >= 15 is 0 Å². The molecule has 24 heavy (non-hydrogen) atoms. The molecule has 1 aliphatic rings. The molecule has 1 aliphatic heterocycles. The molecule has 5 heteroatoms. The molecule has 1 fully saturated rings. The highest BCUT2D eigenvalue weighted by Crippen LogP contribution is 2.31. The van der Waals surface area contributed by atoms with Crippen LogP contribution in [-0.4, -0.2) is 17.4 Å². The first kappa shape index (κ1) is 15.0. The number of rotatable bonds is 3. The van der Waals surface area contributed by atoms with Crippen molar-refractivity contribution in [2.75, 3.05) is 11.4 Å². The van der Waals surface area contributed by atoms with Crippen LogP contribution in [0.3, 0.4) is 0 Å². The van der Waals surface area contributed by atoms with Crippen molar-refractivity contribution in [1.82, 2.24) is 4.98 Å². The second-order valence-corrected chi connectivity index (χ2v) is 6.61. The van der Waals surface area contributed by atoms with Crippen molar-refractivity contribution in [3.05, 3.63) is 59.7 Å². The highest BCUT2D eigenvalue weighted by Gasteiger charge is 2.22. The number of aromatic nitrogens is 1.